The summed E-state index contributed by atoms with van der Waals surface area (Å²) >= 11 is 0. The van der Waals surface area contributed by atoms with Crippen LogP contribution in [0.3, 0.4) is 0 Å². The molecule has 3 N–H and O–H groups in total. The van der Waals surface area contributed by atoms with E-state index < -0.39 is 5.54 Å². The lowest BCUT2D eigenvalue weighted by molar-refractivity contribution is -0.125. The maximum atomic E-state index is 11.9. The van der Waals surface area contributed by atoms with Gasteiger partial charge in [0.05, 0.1) is 5.54 Å². The summed E-state index contributed by atoms with van der Waals surface area (Å²) in [6, 6.07) is 1.29. The summed E-state index contributed by atoms with van der Waals surface area (Å²) in [5, 5.41) is 3.37. The molecule has 1 fully saturated rings. The van der Waals surface area contributed by atoms with Crippen LogP contribution in [0.1, 0.15) is 73.1 Å². The Morgan fingerprint density at radius 1 is 1.29 bits per heavy atom. The Bertz CT molecular complexity index is 326. The van der Waals surface area contributed by atoms with Crippen molar-refractivity contribution in [3.05, 3.63) is 0 Å². The Balaban J connectivity index is 2.73. The highest BCUT2D eigenvalue weighted by Crippen LogP contribution is 2.26. The van der Waals surface area contributed by atoms with Crippen LogP contribution in [0.5, 0.6) is 0 Å². The first-order valence-electron chi connectivity index (χ1n) is 8.63. The van der Waals surface area contributed by atoms with Gasteiger partial charge in [-0.2, -0.15) is 0 Å². The number of nitrogens with one attached hydrogen (secondary N) is 1. The van der Waals surface area contributed by atoms with Crippen LogP contribution in [0.15, 0.2) is 0 Å². The minimum absolute atomic E-state index is 0.247. The van der Waals surface area contributed by atoms with Crippen molar-refractivity contribution < 1.29 is 4.79 Å². The molecule has 4 heteroatoms. The molecule has 21 heavy (non-hydrogen) atoms. The highest BCUT2D eigenvalue weighted by atomic mass is 16.1. The number of hydrogen-bond donors (Lipinski definition) is 2. The zero-order valence-corrected chi connectivity index (χ0v) is 14.6. The molecule has 0 aliphatic heterocycles. The van der Waals surface area contributed by atoms with Crippen LogP contribution in [-0.2, 0) is 4.79 Å². The van der Waals surface area contributed by atoms with E-state index in [0.29, 0.717) is 12.1 Å². The van der Waals surface area contributed by atoms with Crippen molar-refractivity contribution in [2.45, 2.75) is 96.8 Å². The van der Waals surface area contributed by atoms with Gasteiger partial charge >= 0.3 is 0 Å². The third kappa shape index (κ3) is 5.26. The van der Waals surface area contributed by atoms with Gasteiger partial charge in [-0.15, -0.1) is 0 Å². The van der Waals surface area contributed by atoms with Crippen molar-refractivity contribution in [3.63, 3.8) is 0 Å². The van der Waals surface area contributed by atoms with Gasteiger partial charge in [0, 0.05) is 18.1 Å². The fraction of sp³-hybridized carbons (Fsp3) is 0.941. The number of nitrogens with zero attached hydrogens (tertiary/aromatic N) is 1. The van der Waals surface area contributed by atoms with Crippen molar-refractivity contribution in [1.29, 1.82) is 0 Å². The van der Waals surface area contributed by atoms with Gasteiger partial charge in [-0.05, 0) is 53.5 Å². The Hall–Kier alpha value is -0.610. The number of carbonyl (C=O) groups is 1. The lowest BCUT2D eigenvalue weighted by Gasteiger charge is -2.41. The molecule has 1 aliphatic rings. The van der Waals surface area contributed by atoms with E-state index in [4.69, 9.17) is 5.73 Å². The molecule has 0 heterocycles. The summed E-state index contributed by atoms with van der Waals surface area (Å²) in [5.74, 6) is -0.247. The number of hydrogen-bond acceptors (Lipinski definition) is 3. The van der Waals surface area contributed by atoms with E-state index in [1.807, 2.05) is 6.92 Å². The molecule has 1 amide bonds. The minimum atomic E-state index is -0.629. The van der Waals surface area contributed by atoms with Gasteiger partial charge in [-0.3, -0.25) is 9.69 Å². The number of amides is 1. The summed E-state index contributed by atoms with van der Waals surface area (Å²) in [6.07, 6.45) is 7.41. The van der Waals surface area contributed by atoms with Gasteiger partial charge in [0.1, 0.15) is 0 Å². The van der Waals surface area contributed by atoms with E-state index in [9.17, 15) is 4.79 Å². The van der Waals surface area contributed by atoms with Crippen LogP contribution >= 0.6 is 0 Å². The van der Waals surface area contributed by atoms with Crippen LogP contribution < -0.4 is 11.1 Å². The number of nitrogens with two attached hydrogens (primary N) is 1. The van der Waals surface area contributed by atoms with E-state index in [-0.39, 0.29) is 11.9 Å². The predicted octanol–water partition coefficient (Wildman–Crippen LogP) is 2.66. The second-order valence-corrected chi connectivity index (χ2v) is 7.17. The summed E-state index contributed by atoms with van der Waals surface area (Å²) in [7, 11) is 0. The third-order valence-electron chi connectivity index (χ3n) is 4.83. The molecule has 1 saturated carbocycles. The molecule has 2 atom stereocenters. The number of rotatable bonds is 8. The van der Waals surface area contributed by atoms with Gasteiger partial charge in [0.15, 0.2) is 0 Å². The lowest BCUT2D eigenvalue weighted by Crippen LogP contribution is -2.59. The summed E-state index contributed by atoms with van der Waals surface area (Å²) < 4.78 is 0. The van der Waals surface area contributed by atoms with Gasteiger partial charge in [0.2, 0.25) is 5.91 Å². The van der Waals surface area contributed by atoms with Gasteiger partial charge in [-0.1, -0.05) is 26.2 Å². The molecule has 0 spiro atoms. The van der Waals surface area contributed by atoms with Crippen LogP contribution in [0.4, 0.5) is 0 Å². The Morgan fingerprint density at radius 3 is 2.29 bits per heavy atom. The molecular weight excluding hydrogens is 262 g/mol. The van der Waals surface area contributed by atoms with E-state index in [0.717, 1.165) is 13.0 Å². The average molecular weight is 297 g/mol. The minimum Gasteiger partial charge on any atom is -0.368 e. The van der Waals surface area contributed by atoms with E-state index in [1.54, 1.807) is 0 Å². The Labute approximate surface area is 130 Å². The first-order valence-corrected chi connectivity index (χ1v) is 8.63. The second-order valence-electron chi connectivity index (χ2n) is 7.17. The van der Waals surface area contributed by atoms with Crippen LogP contribution in [0, 0.1) is 0 Å². The lowest BCUT2D eigenvalue weighted by atomic mass is 9.88. The average Bonchev–Trinajstić information content (AvgIpc) is 2.39. The highest BCUT2D eigenvalue weighted by Gasteiger charge is 2.36. The smallest absolute Gasteiger partial charge is 0.237 e. The van der Waals surface area contributed by atoms with Gasteiger partial charge in [-0.25, -0.2) is 0 Å². The zero-order chi connectivity index (χ0) is 16.0. The van der Waals surface area contributed by atoms with Crippen molar-refractivity contribution in [3.8, 4) is 0 Å². The molecular formula is C17H35N3O. The van der Waals surface area contributed by atoms with Crippen LogP contribution in [0.2, 0.25) is 0 Å². The summed E-state index contributed by atoms with van der Waals surface area (Å²) in [4.78, 5) is 14.5. The largest absolute Gasteiger partial charge is 0.368 e. The molecule has 0 radical (unpaired) electrons. The maximum absolute atomic E-state index is 11.9. The molecule has 1 aliphatic carbocycles. The summed E-state index contributed by atoms with van der Waals surface area (Å²) in [6.45, 7) is 11.6. The predicted molar refractivity (Wildman–Crippen MR) is 89.2 cm³/mol. The normalized spacial score (nSPS) is 21.5. The zero-order valence-electron chi connectivity index (χ0n) is 14.6. The third-order valence-corrected chi connectivity index (χ3v) is 4.83. The quantitative estimate of drug-likeness (QED) is 0.724. The molecule has 1 rings (SSSR count). The molecule has 0 bridgehead atoms. The van der Waals surface area contributed by atoms with E-state index in [1.165, 1.54) is 32.1 Å². The molecule has 0 saturated heterocycles. The standard InChI is InChI=1S/C17H35N3O/c1-6-20(15-10-8-7-9-11-15)14(4)12-17(5,16(18)21)19-13(2)3/h13-15,19H,6-12H2,1-5H3,(H2,18,21). The molecule has 4 nitrogen and oxygen atoms in total. The number of primary amides is 1. The highest BCUT2D eigenvalue weighted by molar-refractivity contribution is 5.84. The van der Waals surface area contributed by atoms with Gasteiger partial charge < -0.3 is 11.1 Å². The first-order chi connectivity index (χ1) is 9.80. The van der Waals surface area contributed by atoms with Crippen molar-refractivity contribution in [2.75, 3.05) is 6.54 Å². The monoisotopic (exact) mass is 297 g/mol. The Morgan fingerprint density at radius 2 is 1.86 bits per heavy atom. The van der Waals surface area contributed by atoms with Crippen LogP contribution in [0.25, 0.3) is 0 Å². The SMILES string of the molecule is CCN(C(C)CC(C)(NC(C)C)C(N)=O)C1CCCCC1. The molecule has 0 aromatic carbocycles. The van der Waals surface area contributed by atoms with Crippen LogP contribution in [-0.4, -0.2) is 41.0 Å². The maximum Gasteiger partial charge on any atom is 0.237 e. The topological polar surface area (TPSA) is 58.4 Å². The summed E-state index contributed by atoms with van der Waals surface area (Å²) in [5.41, 5.74) is 5.04. The number of carbonyl (C=O) groups excluding carboxylic acids is 1. The van der Waals surface area contributed by atoms with Crippen molar-refractivity contribution >= 4 is 5.91 Å². The molecule has 0 aromatic rings. The molecule has 124 valence electrons. The Kier molecular flexibility index (Phi) is 7.14. The van der Waals surface area contributed by atoms with Gasteiger partial charge in [0.25, 0.3) is 0 Å². The second kappa shape index (κ2) is 8.14. The van der Waals surface area contributed by atoms with E-state index >= 15 is 0 Å². The molecule has 2 unspecified atom stereocenters. The fourth-order valence-corrected chi connectivity index (χ4v) is 3.92. The van der Waals surface area contributed by atoms with E-state index in [2.05, 4.69) is 37.9 Å². The first kappa shape index (κ1) is 18.4. The fourth-order valence-electron chi connectivity index (χ4n) is 3.92. The van der Waals surface area contributed by atoms with Crippen molar-refractivity contribution in [2.24, 2.45) is 5.73 Å². The van der Waals surface area contributed by atoms with Crippen molar-refractivity contribution in [1.82, 2.24) is 10.2 Å². The molecule has 0 aromatic heterocycles.